The van der Waals surface area contributed by atoms with Gasteiger partial charge < -0.3 is 14.0 Å². The summed E-state index contributed by atoms with van der Waals surface area (Å²) < 4.78 is 28.3. The Morgan fingerprint density at radius 1 is 1.12 bits per heavy atom. The Labute approximate surface area is 144 Å². The van der Waals surface area contributed by atoms with E-state index in [0.29, 0.717) is 6.42 Å². The summed E-state index contributed by atoms with van der Waals surface area (Å²) in [5, 5.41) is 2.91. The summed E-state index contributed by atoms with van der Waals surface area (Å²) in [5.41, 5.74) is -0.199. The molecule has 0 bridgehead atoms. The van der Waals surface area contributed by atoms with Crippen LogP contribution in [0, 0.1) is 5.92 Å². The quantitative estimate of drug-likeness (QED) is 0.497. The smallest absolute Gasteiger partial charge is 0.332 e. The minimum Gasteiger partial charge on any atom is -0.468 e. The lowest BCUT2D eigenvalue weighted by Gasteiger charge is -2.33. The third-order valence-corrected chi connectivity index (χ3v) is 6.85. The lowest BCUT2D eigenvalue weighted by molar-refractivity contribution is -0.143. The molecule has 140 valence electrons. The zero-order valence-electron chi connectivity index (χ0n) is 15.1. The third-order valence-electron chi connectivity index (χ3n) is 4.19. The van der Waals surface area contributed by atoms with E-state index in [9.17, 15) is 14.2 Å². The zero-order chi connectivity index (χ0) is 18.2. The number of methoxy groups -OCH3 is 2. The Balaban J connectivity index is 2.93. The van der Waals surface area contributed by atoms with E-state index in [0.717, 1.165) is 32.1 Å². The minimum absolute atomic E-state index is 0.199. The molecule has 0 aliphatic heterocycles. The highest BCUT2D eigenvalue weighted by molar-refractivity contribution is 7.57. The van der Waals surface area contributed by atoms with Crippen molar-refractivity contribution in [1.29, 1.82) is 0 Å². The van der Waals surface area contributed by atoms with Crippen LogP contribution in [0.25, 0.3) is 0 Å². The second-order valence-electron chi connectivity index (χ2n) is 6.57. The molecule has 0 radical (unpaired) electrons. The molecule has 0 amide bonds. The summed E-state index contributed by atoms with van der Waals surface area (Å²) in [6.45, 7) is 3.55. The molecule has 7 nitrogen and oxygen atoms in total. The molecule has 0 spiro atoms. The van der Waals surface area contributed by atoms with Crippen LogP contribution >= 0.6 is 7.52 Å². The molecule has 0 aromatic heterocycles. The molecule has 8 heteroatoms. The Hall–Kier alpha value is -0.910. The van der Waals surface area contributed by atoms with Gasteiger partial charge >= 0.3 is 11.9 Å². The van der Waals surface area contributed by atoms with Crippen molar-refractivity contribution in [2.75, 3.05) is 20.8 Å². The highest BCUT2D eigenvalue weighted by atomic mass is 31.2. The van der Waals surface area contributed by atoms with Crippen molar-refractivity contribution < 1.29 is 28.2 Å². The molecule has 0 saturated heterocycles. The van der Waals surface area contributed by atoms with Crippen LogP contribution in [0.3, 0.4) is 0 Å². The number of hydrogen-bond donors (Lipinski definition) is 1. The SMILES string of the molecule is COC(=O)COP(=O)(N[C@@H](CC(C)C)C(=O)OC)C1CCCCC1. The van der Waals surface area contributed by atoms with Gasteiger partial charge in [-0.25, -0.2) is 9.88 Å². The topological polar surface area (TPSA) is 90.9 Å². The van der Waals surface area contributed by atoms with Crippen LogP contribution in [0.2, 0.25) is 0 Å². The first-order chi connectivity index (χ1) is 11.3. The van der Waals surface area contributed by atoms with Gasteiger partial charge in [-0.2, -0.15) is 0 Å². The predicted molar refractivity (Wildman–Crippen MR) is 90.8 cm³/mol. The van der Waals surface area contributed by atoms with Gasteiger partial charge in [0.05, 0.1) is 14.2 Å². The van der Waals surface area contributed by atoms with Crippen molar-refractivity contribution in [3.63, 3.8) is 0 Å². The van der Waals surface area contributed by atoms with Gasteiger partial charge in [0.1, 0.15) is 6.04 Å². The van der Waals surface area contributed by atoms with Crippen molar-refractivity contribution in [3.05, 3.63) is 0 Å². The van der Waals surface area contributed by atoms with E-state index < -0.39 is 32.1 Å². The molecule has 0 aromatic carbocycles. The van der Waals surface area contributed by atoms with Gasteiger partial charge in [0.25, 0.3) is 7.52 Å². The normalized spacial score (nSPS) is 19.5. The van der Waals surface area contributed by atoms with Crippen LogP contribution in [0.1, 0.15) is 52.4 Å². The molecule has 1 fully saturated rings. The minimum atomic E-state index is -3.39. The van der Waals surface area contributed by atoms with Crippen LogP contribution in [-0.4, -0.2) is 44.5 Å². The van der Waals surface area contributed by atoms with Gasteiger partial charge in [0.15, 0.2) is 6.61 Å². The summed E-state index contributed by atoms with van der Waals surface area (Å²) in [6.07, 6.45) is 5.00. The lowest BCUT2D eigenvalue weighted by atomic mass is 10.0. The summed E-state index contributed by atoms with van der Waals surface area (Å²) in [5.74, 6) is -0.852. The van der Waals surface area contributed by atoms with Crippen molar-refractivity contribution in [3.8, 4) is 0 Å². The van der Waals surface area contributed by atoms with E-state index >= 15 is 0 Å². The maximum Gasteiger partial charge on any atom is 0.332 e. The lowest BCUT2D eigenvalue weighted by Crippen LogP contribution is -2.40. The molecule has 1 aliphatic carbocycles. The molecule has 1 unspecified atom stereocenters. The highest BCUT2D eigenvalue weighted by Gasteiger charge is 2.39. The second-order valence-corrected chi connectivity index (χ2v) is 9.01. The van der Waals surface area contributed by atoms with Crippen LogP contribution < -0.4 is 5.09 Å². The van der Waals surface area contributed by atoms with Crippen molar-refractivity contribution >= 4 is 19.5 Å². The van der Waals surface area contributed by atoms with Gasteiger partial charge in [-0.15, -0.1) is 0 Å². The third kappa shape index (κ3) is 6.54. The summed E-state index contributed by atoms with van der Waals surface area (Å²) in [4.78, 5) is 23.5. The van der Waals surface area contributed by atoms with E-state index in [-0.39, 0.29) is 11.6 Å². The Bertz CT molecular complexity index is 461. The standard InChI is InChI=1S/C16H30NO6P/c1-12(2)10-14(16(19)22-4)17-24(20,23-11-15(18)21-3)13-8-6-5-7-9-13/h12-14H,5-11H2,1-4H3,(H,17,20)/t14-,24?/m0/s1. The zero-order valence-corrected chi connectivity index (χ0v) is 16.0. The van der Waals surface area contributed by atoms with Gasteiger partial charge in [0, 0.05) is 5.66 Å². The number of rotatable bonds is 9. The predicted octanol–water partition coefficient (Wildman–Crippen LogP) is 2.88. The van der Waals surface area contributed by atoms with Crippen LogP contribution in [0.5, 0.6) is 0 Å². The van der Waals surface area contributed by atoms with Gasteiger partial charge in [0.2, 0.25) is 0 Å². The van der Waals surface area contributed by atoms with Gasteiger partial charge in [-0.1, -0.05) is 33.1 Å². The number of carbonyl (C=O) groups excluding carboxylic acids is 2. The molecule has 2 atom stereocenters. The number of esters is 2. The molecular weight excluding hydrogens is 333 g/mol. The number of carbonyl (C=O) groups is 2. The molecular formula is C16H30NO6P. The van der Waals surface area contributed by atoms with E-state index in [1.165, 1.54) is 14.2 Å². The molecule has 24 heavy (non-hydrogen) atoms. The van der Waals surface area contributed by atoms with Crippen LogP contribution in [0.15, 0.2) is 0 Å². The van der Waals surface area contributed by atoms with Gasteiger partial charge in [-0.3, -0.25) is 9.36 Å². The van der Waals surface area contributed by atoms with Crippen molar-refractivity contribution in [1.82, 2.24) is 5.09 Å². The molecule has 1 saturated carbocycles. The molecule has 1 aliphatic rings. The van der Waals surface area contributed by atoms with E-state index in [2.05, 4.69) is 9.82 Å². The van der Waals surface area contributed by atoms with E-state index in [1.54, 1.807) is 0 Å². The molecule has 0 aromatic rings. The number of ether oxygens (including phenoxy) is 2. The van der Waals surface area contributed by atoms with Crippen LogP contribution in [0.4, 0.5) is 0 Å². The maximum absolute atomic E-state index is 13.5. The first-order valence-corrected chi connectivity index (χ1v) is 10.2. The monoisotopic (exact) mass is 363 g/mol. The number of nitrogens with one attached hydrogen (secondary N) is 1. The first kappa shape index (κ1) is 21.1. The first-order valence-electron chi connectivity index (χ1n) is 8.49. The Kier molecular flexibility index (Phi) is 8.95. The molecule has 1 N–H and O–H groups in total. The van der Waals surface area contributed by atoms with Crippen molar-refractivity contribution in [2.45, 2.75) is 64.1 Å². The fourth-order valence-corrected chi connectivity index (χ4v) is 5.39. The number of hydrogen-bond acceptors (Lipinski definition) is 6. The fourth-order valence-electron chi connectivity index (χ4n) is 2.91. The summed E-state index contributed by atoms with van der Waals surface area (Å²) in [6, 6.07) is -0.722. The van der Waals surface area contributed by atoms with E-state index in [1.807, 2.05) is 13.8 Å². The summed E-state index contributed by atoms with van der Waals surface area (Å²) >= 11 is 0. The fraction of sp³-hybridized carbons (Fsp3) is 0.875. The second kappa shape index (κ2) is 10.2. The summed E-state index contributed by atoms with van der Waals surface area (Å²) in [7, 11) is -0.838. The maximum atomic E-state index is 13.5. The van der Waals surface area contributed by atoms with Crippen LogP contribution in [-0.2, 0) is 28.2 Å². The highest BCUT2D eigenvalue weighted by Crippen LogP contribution is 2.53. The molecule has 0 heterocycles. The molecule has 1 rings (SSSR count). The largest absolute Gasteiger partial charge is 0.468 e. The van der Waals surface area contributed by atoms with Crippen molar-refractivity contribution in [2.24, 2.45) is 5.92 Å². The Morgan fingerprint density at radius 3 is 2.25 bits per heavy atom. The Morgan fingerprint density at radius 2 is 1.75 bits per heavy atom. The average Bonchev–Trinajstić information content (AvgIpc) is 2.58. The van der Waals surface area contributed by atoms with Gasteiger partial charge in [-0.05, 0) is 25.2 Å². The van der Waals surface area contributed by atoms with E-state index in [4.69, 9.17) is 9.26 Å². The average molecular weight is 363 g/mol.